The lowest BCUT2D eigenvalue weighted by atomic mass is 10.4. The van der Waals surface area contributed by atoms with Gasteiger partial charge in [-0.1, -0.05) is 0 Å². The Morgan fingerprint density at radius 2 is 1.93 bits per heavy atom. The molecule has 2 amide bonds. The summed E-state index contributed by atoms with van der Waals surface area (Å²) >= 11 is 0. The van der Waals surface area contributed by atoms with Crippen LogP contribution in [0.25, 0.3) is 0 Å². The van der Waals surface area contributed by atoms with E-state index in [2.05, 4.69) is 10.6 Å². The number of esters is 1. The maximum absolute atomic E-state index is 11.0. The van der Waals surface area contributed by atoms with E-state index in [0.717, 1.165) is 0 Å². The largest absolute Gasteiger partial charge is 0.463 e. The molecule has 5 nitrogen and oxygen atoms in total. The van der Waals surface area contributed by atoms with Gasteiger partial charge < -0.3 is 15.4 Å². The zero-order valence-electron chi connectivity index (χ0n) is 8.92. The molecule has 0 saturated heterocycles. The zero-order valence-corrected chi connectivity index (χ0v) is 8.92. The second-order valence-electron chi connectivity index (χ2n) is 3.07. The van der Waals surface area contributed by atoms with Gasteiger partial charge in [0.15, 0.2) is 0 Å². The Kier molecular flexibility index (Phi) is 6.53. The Bertz CT molecular complexity index is 192. The van der Waals surface area contributed by atoms with E-state index in [0.29, 0.717) is 13.1 Å². The van der Waals surface area contributed by atoms with E-state index >= 15 is 0 Å². The number of hydrogen-bond donors (Lipinski definition) is 2. The van der Waals surface area contributed by atoms with Gasteiger partial charge in [0.2, 0.25) is 0 Å². The van der Waals surface area contributed by atoms with Crippen molar-refractivity contribution in [3.05, 3.63) is 0 Å². The summed E-state index contributed by atoms with van der Waals surface area (Å²) in [4.78, 5) is 21.9. The number of hydrogen-bond acceptors (Lipinski definition) is 3. The number of amides is 2. The highest BCUT2D eigenvalue weighted by atomic mass is 16.5. The fourth-order valence-electron chi connectivity index (χ4n) is 0.823. The van der Waals surface area contributed by atoms with Crippen LogP contribution in [-0.4, -0.2) is 31.2 Å². The van der Waals surface area contributed by atoms with E-state index in [-0.39, 0.29) is 24.5 Å². The van der Waals surface area contributed by atoms with Crippen molar-refractivity contribution in [1.82, 2.24) is 10.6 Å². The monoisotopic (exact) mass is 202 g/mol. The van der Waals surface area contributed by atoms with Gasteiger partial charge in [-0.15, -0.1) is 0 Å². The van der Waals surface area contributed by atoms with Crippen LogP contribution < -0.4 is 10.6 Å². The van der Waals surface area contributed by atoms with Gasteiger partial charge >= 0.3 is 12.0 Å². The minimum Gasteiger partial charge on any atom is -0.463 e. The Hall–Kier alpha value is -1.26. The highest BCUT2D eigenvalue weighted by Gasteiger charge is 2.05. The minimum atomic E-state index is -0.295. The number of carbonyl (C=O) groups excluding carboxylic acids is 2. The number of nitrogens with one attached hydrogen (secondary N) is 2. The maximum Gasteiger partial charge on any atom is 0.314 e. The van der Waals surface area contributed by atoms with Crippen molar-refractivity contribution in [2.75, 3.05) is 13.1 Å². The molecule has 5 heteroatoms. The third-order valence-corrected chi connectivity index (χ3v) is 1.32. The summed E-state index contributed by atoms with van der Waals surface area (Å²) in [7, 11) is 0. The summed E-state index contributed by atoms with van der Waals surface area (Å²) in [5.41, 5.74) is 0. The van der Waals surface area contributed by atoms with E-state index in [1.54, 1.807) is 13.8 Å². The molecule has 0 aliphatic heterocycles. The number of ether oxygens (including phenoxy) is 1. The third-order valence-electron chi connectivity index (χ3n) is 1.32. The normalized spacial score (nSPS) is 9.71. The van der Waals surface area contributed by atoms with Gasteiger partial charge in [0.25, 0.3) is 0 Å². The summed E-state index contributed by atoms with van der Waals surface area (Å²) in [6, 6.07) is -0.259. The molecule has 2 N–H and O–H groups in total. The SMILES string of the molecule is CCNC(=O)NCCC(=O)OC(C)C. The minimum absolute atomic E-state index is 0.105. The van der Waals surface area contributed by atoms with Crippen molar-refractivity contribution in [2.24, 2.45) is 0 Å². The first kappa shape index (κ1) is 12.7. The second kappa shape index (κ2) is 7.17. The Morgan fingerprint density at radius 1 is 1.29 bits per heavy atom. The lowest BCUT2D eigenvalue weighted by Gasteiger charge is -2.08. The van der Waals surface area contributed by atoms with Crippen molar-refractivity contribution in [3.8, 4) is 0 Å². The van der Waals surface area contributed by atoms with Gasteiger partial charge in [-0.3, -0.25) is 4.79 Å². The summed E-state index contributed by atoms with van der Waals surface area (Å²) in [6.07, 6.45) is 0.0990. The molecular formula is C9H18N2O3. The van der Waals surface area contributed by atoms with Crippen LogP contribution in [0.1, 0.15) is 27.2 Å². The quantitative estimate of drug-likeness (QED) is 0.643. The third kappa shape index (κ3) is 7.39. The zero-order chi connectivity index (χ0) is 11.0. The van der Waals surface area contributed by atoms with Gasteiger partial charge in [0, 0.05) is 13.1 Å². The van der Waals surface area contributed by atoms with Crippen molar-refractivity contribution in [1.29, 1.82) is 0 Å². The molecule has 82 valence electrons. The van der Waals surface area contributed by atoms with Crippen LogP contribution in [0.4, 0.5) is 4.79 Å². The molecule has 0 fully saturated rings. The highest BCUT2D eigenvalue weighted by Crippen LogP contribution is 1.91. The topological polar surface area (TPSA) is 67.4 Å². The van der Waals surface area contributed by atoms with Gasteiger partial charge in [-0.25, -0.2) is 4.79 Å². The molecule has 0 aromatic carbocycles. The molecule has 0 rings (SSSR count). The smallest absolute Gasteiger partial charge is 0.314 e. The lowest BCUT2D eigenvalue weighted by Crippen LogP contribution is -2.36. The molecule has 0 unspecified atom stereocenters. The first-order valence-electron chi connectivity index (χ1n) is 4.77. The number of urea groups is 1. The van der Waals surface area contributed by atoms with E-state index in [1.165, 1.54) is 0 Å². The summed E-state index contributed by atoms with van der Waals surface area (Å²) in [5.74, 6) is -0.295. The molecule has 0 heterocycles. The molecule has 14 heavy (non-hydrogen) atoms. The van der Waals surface area contributed by atoms with E-state index in [1.807, 2.05) is 6.92 Å². The van der Waals surface area contributed by atoms with E-state index < -0.39 is 0 Å². The van der Waals surface area contributed by atoms with Gasteiger partial charge in [0.05, 0.1) is 12.5 Å². The molecule has 0 aromatic rings. The Morgan fingerprint density at radius 3 is 2.43 bits per heavy atom. The first-order chi connectivity index (χ1) is 6.56. The van der Waals surface area contributed by atoms with Crippen molar-refractivity contribution in [2.45, 2.75) is 33.3 Å². The van der Waals surface area contributed by atoms with Crippen molar-refractivity contribution < 1.29 is 14.3 Å². The molecule has 0 aromatic heterocycles. The van der Waals surface area contributed by atoms with Gasteiger partial charge in [0.1, 0.15) is 0 Å². The van der Waals surface area contributed by atoms with E-state index in [4.69, 9.17) is 4.74 Å². The van der Waals surface area contributed by atoms with Crippen LogP contribution >= 0.6 is 0 Å². The number of rotatable bonds is 5. The average molecular weight is 202 g/mol. The molecule has 0 aliphatic carbocycles. The fraction of sp³-hybridized carbons (Fsp3) is 0.778. The molecule has 0 aliphatic rings. The number of carbonyl (C=O) groups is 2. The van der Waals surface area contributed by atoms with Gasteiger partial charge in [-0.2, -0.15) is 0 Å². The fourth-order valence-corrected chi connectivity index (χ4v) is 0.823. The standard InChI is InChI=1S/C9H18N2O3/c1-4-10-9(13)11-6-5-8(12)14-7(2)3/h7H,4-6H2,1-3H3,(H2,10,11,13). The van der Waals surface area contributed by atoms with Gasteiger partial charge in [-0.05, 0) is 20.8 Å². The van der Waals surface area contributed by atoms with Crippen LogP contribution in [0, 0.1) is 0 Å². The van der Waals surface area contributed by atoms with Crippen LogP contribution in [-0.2, 0) is 9.53 Å². The molecular weight excluding hydrogens is 184 g/mol. The molecule has 0 saturated carbocycles. The lowest BCUT2D eigenvalue weighted by molar-refractivity contribution is -0.147. The van der Waals surface area contributed by atoms with Crippen molar-refractivity contribution in [3.63, 3.8) is 0 Å². The second-order valence-corrected chi connectivity index (χ2v) is 3.07. The summed E-state index contributed by atoms with van der Waals surface area (Å²) < 4.78 is 4.88. The Labute approximate surface area is 84.2 Å². The van der Waals surface area contributed by atoms with Crippen LogP contribution in [0.3, 0.4) is 0 Å². The Balaban J connectivity index is 3.44. The maximum atomic E-state index is 11.0. The molecule has 0 bridgehead atoms. The molecule has 0 atom stereocenters. The summed E-state index contributed by atoms with van der Waals surface area (Å²) in [6.45, 7) is 6.27. The predicted octanol–water partition coefficient (Wildman–Crippen LogP) is 0.647. The highest BCUT2D eigenvalue weighted by molar-refractivity contribution is 5.75. The van der Waals surface area contributed by atoms with Crippen LogP contribution in [0.15, 0.2) is 0 Å². The first-order valence-corrected chi connectivity index (χ1v) is 4.77. The predicted molar refractivity (Wildman–Crippen MR) is 52.9 cm³/mol. The van der Waals surface area contributed by atoms with Crippen LogP contribution in [0.2, 0.25) is 0 Å². The molecule has 0 spiro atoms. The van der Waals surface area contributed by atoms with E-state index in [9.17, 15) is 9.59 Å². The van der Waals surface area contributed by atoms with Crippen molar-refractivity contribution >= 4 is 12.0 Å². The average Bonchev–Trinajstić information content (AvgIpc) is 2.02. The van der Waals surface area contributed by atoms with Crippen LogP contribution in [0.5, 0.6) is 0 Å². The molecule has 0 radical (unpaired) electrons. The summed E-state index contributed by atoms with van der Waals surface area (Å²) in [5, 5.41) is 5.09.